The first kappa shape index (κ1) is 17.9. The molecule has 2 aromatic carbocycles. The summed E-state index contributed by atoms with van der Waals surface area (Å²) in [7, 11) is 0. The van der Waals surface area contributed by atoms with Gasteiger partial charge < -0.3 is 14.8 Å². The molecule has 0 fully saturated rings. The van der Waals surface area contributed by atoms with Crippen LogP contribution in [0.5, 0.6) is 11.5 Å². The Kier molecular flexibility index (Phi) is 6.24. The third-order valence-corrected chi connectivity index (χ3v) is 3.55. The molecule has 0 aliphatic rings. The van der Waals surface area contributed by atoms with Crippen LogP contribution in [0.3, 0.4) is 0 Å². The number of hydrogen-bond acceptors (Lipinski definition) is 3. The molecule has 1 amide bonds. The average molecular weight is 327 g/mol. The number of rotatable bonds is 7. The highest BCUT2D eigenvalue weighted by Crippen LogP contribution is 2.18. The van der Waals surface area contributed by atoms with Crippen molar-refractivity contribution in [2.45, 2.75) is 40.3 Å². The van der Waals surface area contributed by atoms with Crippen LogP contribution in [-0.4, -0.2) is 18.6 Å². The molecular weight excluding hydrogens is 302 g/mol. The van der Waals surface area contributed by atoms with Gasteiger partial charge in [-0.2, -0.15) is 0 Å². The highest BCUT2D eigenvalue weighted by molar-refractivity contribution is 5.80. The van der Waals surface area contributed by atoms with Crippen molar-refractivity contribution in [2.75, 3.05) is 6.61 Å². The second-order valence-electron chi connectivity index (χ2n) is 5.88. The molecule has 0 aromatic heterocycles. The summed E-state index contributed by atoms with van der Waals surface area (Å²) in [5.41, 5.74) is 3.23. The fourth-order valence-corrected chi connectivity index (χ4v) is 2.50. The number of carbonyl (C=O) groups excluding carboxylic acids is 1. The van der Waals surface area contributed by atoms with Crippen LogP contribution in [0.1, 0.15) is 30.5 Å². The van der Waals surface area contributed by atoms with Crippen LogP contribution in [0.25, 0.3) is 0 Å². The fourth-order valence-electron chi connectivity index (χ4n) is 2.50. The van der Waals surface area contributed by atoms with Gasteiger partial charge in [-0.3, -0.25) is 4.79 Å². The molecule has 0 bridgehead atoms. The smallest absolute Gasteiger partial charge is 0.261 e. The van der Waals surface area contributed by atoms with Gasteiger partial charge in [0.1, 0.15) is 11.5 Å². The molecule has 0 heterocycles. The van der Waals surface area contributed by atoms with Gasteiger partial charge in [-0.25, -0.2) is 0 Å². The molecule has 0 aliphatic heterocycles. The van der Waals surface area contributed by atoms with Crippen molar-refractivity contribution in [3.05, 3.63) is 59.2 Å². The van der Waals surface area contributed by atoms with E-state index in [-0.39, 0.29) is 5.91 Å². The lowest BCUT2D eigenvalue weighted by Crippen LogP contribution is -2.35. The predicted molar refractivity (Wildman–Crippen MR) is 95.5 cm³/mol. The van der Waals surface area contributed by atoms with Gasteiger partial charge in [0.25, 0.3) is 5.91 Å². The van der Waals surface area contributed by atoms with E-state index >= 15 is 0 Å². The van der Waals surface area contributed by atoms with E-state index in [4.69, 9.17) is 9.47 Å². The van der Waals surface area contributed by atoms with Gasteiger partial charge in [0.15, 0.2) is 6.10 Å². The SMILES string of the molecule is CCOc1cccc(CNC(=O)[C@H](C)Oc2cc(C)cc(C)c2)c1. The number of hydrogen-bond donors (Lipinski definition) is 1. The highest BCUT2D eigenvalue weighted by atomic mass is 16.5. The lowest BCUT2D eigenvalue weighted by atomic mass is 10.1. The Labute approximate surface area is 143 Å². The molecule has 0 unspecified atom stereocenters. The van der Waals surface area contributed by atoms with E-state index in [0.717, 1.165) is 22.4 Å². The standard InChI is InChI=1S/C20H25NO3/c1-5-23-18-8-6-7-17(12-18)13-21-20(22)16(4)24-19-10-14(2)9-15(3)11-19/h6-12,16H,5,13H2,1-4H3,(H,21,22)/t16-/m0/s1. The third kappa shape index (κ3) is 5.30. The first-order chi connectivity index (χ1) is 11.5. The van der Waals surface area contributed by atoms with Crippen molar-refractivity contribution in [3.8, 4) is 11.5 Å². The van der Waals surface area contributed by atoms with Gasteiger partial charge in [0.2, 0.25) is 0 Å². The maximum Gasteiger partial charge on any atom is 0.261 e. The van der Waals surface area contributed by atoms with E-state index in [1.807, 2.05) is 57.2 Å². The molecule has 2 aromatic rings. The quantitative estimate of drug-likeness (QED) is 0.842. The molecule has 1 atom stereocenters. The predicted octanol–water partition coefficient (Wildman–Crippen LogP) is 3.79. The first-order valence-corrected chi connectivity index (χ1v) is 8.22. The number of carbonyl (C=O) groups is 1. The number of aryl methyl sites for hydroxylation is 2. The molecule has 1 N–H and O–H groups in total. The molecule has 0 spiro atoms. The summed E-state index contributed by atoms with van der Waals surface area (Å²) >= 11 is 0. The van der Waals surface area contributed by atoms with Crippen LogP contribution in [0, 0.1) is 13.8 Å². The van der Waals surface area contributed by atoms with Crippen LogP contribution >= 0.6 is 0 Å². The van der Waals surface area contributed by atoms with Crippen molar-refractivity contribution >= 4 is 5.91 Å². The summed E-state index contributed by atoms with van der Waals surface area (Å²) in [6.07, 6.45) is -0.554. The minimum atomic E-state index is -0.554. The summed E-state index contributed by atoms with van der Waals surface area (Å²) < 4.78 is 11.2. The number of amides is 1. The lowest BCUT2D eigenvalue weighted by Gasteiger charge is -2.16. The lowest BCUT2D eigenvalue weighted by molar-refractivity contribution is -0.127. The van der Waals surface area contributed by atoms with E-state index in [1.165, 1.54) is 0 Å². The second-order valence-corrected chi connectivity index (χ2v) is 5.88. The zero-order valence-electron chi connectivity index (χ0n) is 14.8. The molecule has 0 saturated carbocycles. The van der Waals surface area contributed by atoms with E-state index in [1.54, 1.807) is 6.92 Å². The van der Waals surface area contributed by atoms with Gasteiger partial charge in [-0.15, -0.1) is 0 Å². The number of benzene rings is 2. The Hall–Kier alpha value is -2.49. The van der Waals surface area contributed by atoms with E-state index in [9.17, 15) is 4.79 Å². The molecule has 2 rings (SSSR count). The average Bonchev–Trinajstić information content (AvgIpc) is 2.52. The first-order valence-electron chi connectivity index (χ1n) is 8.22. The molecule has 0 radical (unpaired) electrons. The Bertz CT molecular complexity index is 677. The van der Waals surface area contributed by atoms with Crippen molar-refractivity contribution in [1.29, 1.82) is 0 Å². The van der Waals surface area contributed by atoms with Crippen LogP contribution in [0.4, 0.5) is 0 Å². The molecule has 4 nitrogen and oxygen atoms in total. The van der Waals surface area contributed by atoms with Crippen LogP contribution in [0.15, 0.2) is 42.5 Å². The molecular formula is C20H25NO3. The van der Waals surface area contributed by atoms with Crippen molar-refractivity contribution in [2.24, 2.45) is 0 Å². The maximum atomic E-state index is 12.2. The topological polar surface area (TPSA) is 47.6 Å². The highest BCUT2D eigenvalue weighted by Gasteiger charge is 2.14. The fraction of sp³-hybridized carbons (Fsp3) is 0.350. The Morgan fingerprint density at radius 1 is 1.08 bits per heavy atom. The zero-order valence-corrected chi connectivity index (χ0v) is 14.8. The van der Waals surface area contributed by atoms with Crippen molar-refractivity contribution in [1.82, 2.24) is 5.32 Å². The molecule has 0 saturated heterocycles. The second kappa shape index (κ2) is 8.39. The normalized spacial score (nSPS) is 11.7. The molecule has 0 aliphatic carbocycles. The monoisotopic (exact) mass is 327 g/mol. The largest absolute Gasteiger partial charge is 0.494 e. The summed E-state index contributed by atoms with van der Waals surface area (Å²) in [6, 6.07) is 13.6. The van der Waals surface area contributed by atoms with Crippen molar-refractivity contribution in [3.63, 3.8) is 0 Å². The van der Waals surface area contributed by atoms with Gasteiger partial charge in [0.05, 0.1) is 6.61 Å². The molecule has 128 valence electrons. The summed E-state index contributed by atoms with van der Waals surface area (Å²) in [5.74, 6) is 1.38. The minimum Gasteiger partial charge on any atom is -0.494 e. The number of nitrogens with one attached hydrogen (secondary N) is 1. The van der Waals surface area contributed by atoms with Gasteiger partial charge in [-0.05, 0) is 68.7 Å². The van der Waals surface area contributed by atoms with Gasteiger partial charge in [-0.1, -0.05) is 18.2 Å². The van der Waals surface area contributed by atoms with Gasteiger partial charge in [0, 0.05) is 6.54 Å². The zero-order chi connectivity index (χ0) is 17.5. The molecule has 24 heavy (non-hydrogen) atoms. The van der Waals surface area contributed by atoms with E-state index < -0.39 is 6.10 Å². The third-order valence-electron chi connectivity index (χ3n) is 3.55. The molecule has 4 heteroatoms. The maximum absolute atomic E-state index is 12.2. The van der Waals surface area contributed by atoms with Crippen LogP contribution in [-0.2, 0) is 11.3 Å². The Morgan fingerprint density at radius 3 is 2.46 bits per heavy atom. The summed E-state index contributed by atoms with van der Waals surface area (Å²) in [6.45, 7) is 8.78. The van der Waals surface area contributed by atoms with Crippen LogP contribution < -0.4 is 14.8 Å². The minimum absolute atomic E-state index is 0.143. The Balaban J connectivity index is 1.90. The Morgan fingerprint density at radius 2 is 1.79 bits per heavy atom. The summed E-state index contributed by atoms with van der Waals surface area (Å²) in [5, 5.41) is 2.90. The number of ether oxygens (including phenoxy) is 2. The van der Waals surface area contributed by atoms with Crippen molar-refractivity contribution < 1.29 is 14.3 Å². The van der Waals surface area contributed by atoms with E-state index in [0.29, 0.717) is 18.9 Å². The van der Waals surface area contributed by atoms with E-state index in [2.05, 4.69) is 11.4 Å². The van der Waals surface area contributed by atoms with Crippen LogP contribution in [0.2, 0.25) is 0 Å². The summed E-state index contributed by atoms with van der Waals surface area (Å²) in [4.78, 5) is 12.2. The van der Waals surface area contributed by atoms with Gasteiger partial charge >= 0.3 is 0 Å².